The second-order valence-corrected chi connectivity index (χ2v) is 7.13. The van der Waals surface area contributed by atoms with Crippen LogP contribution in [0.5, 0.6) is 0 Å². The monoisotopic (exact) mass is 479 g/mol. The van der Waals surface area contributed by atoms with Gasteiger partial charge in [0.1, 0.15) is 0 Å². The summed E-state index contributed by atoms with van der Waals surface area (Å²) >= 11 is 1.84. The Bertz CT molecular complexity index is 467. The van der Waals surface area contributed by atoms with Crippen LogP contribution < -0.4 is 10.6 Å². The number of hydrogen-bond donors (Lipinski definition) is 3. The first-order valence-electron chi connectivity index (χ1n) is 9.00. The smallest absolute Gasteiger partial charge is 0.191 e. The van der Waals surface area contributed by atoms with Gasteiger partial charge in [-0.25, -0.2) is 0 Å². The van der Waals surface area contributed by atoms with Gasteiger partial charge >= 0.3 is 0 Å². The van der Waals surface area contributed by atoms with Crippen LogP contribution in [-0.4, -0.2) is 43.1 Å². The van der Waals surface area contributed by atoms with Crippen molar-refractivity contribution in [3.63, 3.8) is 0 Å². The van der Waals surface area contributed by atoms with E-state index in [4.69, 9.17) is 4.99 Å². The van der Waals surface area contributed by atoms with Gasteiger partial charge < -0.3 is 15.7 Å². The molecule has 0 aliphatic heterocycles. The van der Waals surface area contributed by atoms with Gasteiger partial charge in [0.15, 0.2) is 5.96 Å². The molecular formula is C19H34IN3OS. The maximum atomic E-state index is 9.33. The molecule has 0 spiro atoms. The second-order valence-electron chi connectivity index (χ2n) is 5.96. The highest BCUT2D eigenvalue weighted by molar-refractivity contribution is 14.0. The van der Waals surface area contributed by atoms with Crippen molar-refractivity contribution in [3.8, 4) is 0 Å². The Morgan fingerprint density at radius 3 is 2.36 bits per heavy atom. The van der Waals surface area contributed by atoms with E-state index in [1.54, 1.807) is 0 Å². The molecule has 0 bridgehead atoms. The predicted octanol–water partition coefficient (Wildman–Crippen LogP) is 4.14. The van der Waals surface area contributed by atoms with Crippen molar-refractivity contribution >= 4 is 41.7 Å². The standard InChI is InChI=1S/C19H33N3OS.HI/c1-4-19(5-2,12-14-23)16-22-18(20-6-3)21-13-15-24-17-10-8-7-9-11-17;/h7-11,23H,4-6,12-16H2,1-3H3,(H2,20,21,22);1H. The highest BCUT2D eigenvalue weighted by atomic mass is 127. The van der Waals surface area contributed by atoms with Gasteiger partial charge in [0.05, 0.1) is 0 Å². The molecule has 0 aliphatic carbocycles. The number of rotatable bonds is 11. The highest BCUT2D eigenvalue weighted by Crippen LogP contribution is 2.30. The van der Waals surface area contributed by atoms with Crippen LogP contribution >= 0.6 is 35.7 Å². The summed E-state index contributed by atoms with van der Waals surface area (Å²) in [6.07, 6.45) is 2.89. The number of guanidine groups is 1. The van der Waals surface area contributed by atoms with E-state index in [2.05, 4.69) is 55.7 Å². The first-order valence-corrected chi connectivity index (χ1v) is 9.99. The third kappa shape index (κ3) is 9.70. The molecule has 0 unspecified atom stereocenters. The molecule has 1 aromatic carbocycles. The number of aliphatic hydroxyl groups excluding tert-OH is 1. The number of hydrogen-bond acceptors (Lipinski definition) is 3. The Balaban J connectivity index is 0.00000576. The summed E-state index contributed by atoms with van der Waals surface area (Å²) in [5.41, 5.74) is 0.107. The molecule has 0 saturated heterocycles. The maximum absolute atomic E-state index is 9.33. The molecule has 3 N–H and O–H groups in total. The molecule has 0 fully saturated rings. The van der Waals surface area contributed by atoms with Gasteiger partial charge in [0.25, 0.3) is 0 Å². The quantitative estimate of drug-likeness (QED) is 0.147. The summed E-state index contributed by atoms with van der Waals surface area (Å²) in [5.74, 6) is 1.87. The molecule has 0 amide bonds. The molecule has 1 rings (SSSR count). The summed E-state index contributed by atoms with van der Waals surface area (Å²) in [6, 6.07) is 10.4. The summed E-state index contributed by atoms with van der Waals surface area (Å²) < 4.78 is 0. The molecule has 25 heavy (non-hydrogen) atoms. The third-order valence-electron chi connectivity index (χ3n) is 4.47. The van der Waals surface area contributed by atoms with E-state index in [1.807, 2.05) is 17.8 Å². The Labute approximate surface area is 174 Å². The average Bonchev–Trinajstić information content (AvgIpc) is 2.63. The van der Waals surface area contributed by atoms with Gasteiger partial charge in [-0.3, -0.25) is 4.99 Å². The number of nitrogens with zero attached hydrogens (tertiary/aromatic N) is 1. The first kappa shape index (κ1) is 24.5. The molecule has 144 valence electrons. The van der Waals surface area contributed by atoms with E-state index in [-0.39, 0.29) is 36.0 Å². The minimum atomic E-state index is 0. The Hall–Kier alpha value is -0.470. The number of benzene rings is 1. The van der Waals surface area contributed by atoms with Crippen molar-refractivity contribution in [1.29, 1.82) is 0 Å². The topological polar surface area (TPSA) is 56.7 Å². The minimum absolute atomic E-state index is 0. The molecule has 1 aromatic rings. The number of thioether (sulfide) groups is 1. The Morgan fingerprint density at radius 2 is 1.80 bits per heavy atom. The zero-order chi connectivity index (χ0) is 17.7. The molecule has 0 saturated carbocycles. The second kappa shape index (κ2) is 14.7. The van der Waals surface area contributed by atoms with E-state index in [0.29, 0.717) is 0 Å². The van der Waals surface area contributed by atoms with Crippen LogP contribution in [0, 0.1) is 5.41 Å². The number of aliphatic hydroxyl groups is 1. The normalized spacial score (nSPS) is 11.8. The molecular weight excluding hydrogens is 445 g/mol. The van der Waals surface area contributed by atoms with E-state index in [1.165, 1.54) is 4.90 Å². The lowest BCUT2D eigenvalue weighted by atomic mass is 9.79. The summed E-state index contributed by atoms with van der Waals surface area (Å²) in [7, 11) is 0. The number of aliphatic imine (C=N–C) groups is 1. The van der Waals surface area contributed by atoms with Crippen LogP contribution in [0.25, 0.3) is 0 Å². The Kier molecular flexibility index (Phi) is 14.4. The molecule has 0 atom stereocenters. The van der Waals surface area contributed by atoms with Crippen molar-refractivity contribution in [2.24, 2.45) is 10.4 Å². The predicted molar refractivity (Wildman–Crippen MR) is 121 cm³/mol. The SMILES string of the molecule is CCNC(=NCC(CC)(CC)CCO)NCCSc1ccccc1.I. The van der Waals surface area contributed by atoms with Crippen molar-refractivity contribution in [2.75, 3.05) is 32.0 Å². The van der Waals surface area contributed by atoms with Gasteiger partial charge in [-0.15, -0.1) is 35.7 Å². The zero-order valence-corrected chi connectivity index (χ0v) is 18.9. The van der Waals surface area contributed by atoms with Gasteiger partial charge in [0, 0.05) is 36.9 Å². The van der Waals surface area contributed by atoms with Crippen molar-refractivity contribution in [1.82, 2.24) is 10.6 Å². The largest absolute Gasteiger partial charge is 0.396 e. The van der Waals surface area contributed by atoms with Gasteiger partial charge in [0.2, 0.25) is 0 Å². The van der Waals surface area contributed by atoms with E-state index >= 15 is 0 Å². The van der Waals surface area contributed by atoms with Gasteiger partial charge in [-0.05, 0) is 43.7 Å². The molecule has 0 aliphatic rings. The van der Waals surface area contributed by atoms with Crippen LogP contribution in [0.15, 0.2) is 40.2 Å². The van der Waals surface area contributed by atoms with Crippen molar-refractivity contribution < 1.29 is 5.11 Å². The number of halogens is 1. The van der Waals surface area contributed by atoms with Crippen LogP contribution in [0.3, 0.4) is 0 Å². The fraction of sp³-hybridized carbons (Fsp3) is 0.632. The summed E-state index contributed by atoms with van der Waals surface area (Å²) in [5, 5.41) is 16.1. The molecule has 0 heterocycles. The maximum Gasteiger partial charge on any atom is 0.191 e. The van der Waals surface area contributed by atoms with Crippen LogP contribution in [-0.2, 0) is 0 Å². The van der Waals surface area contributed by atoms with Crippen LogP contribution in [0.1, 0.15) is 40.0 Å². The Morgan fingerprint density at radius 1 is 1.12 bits per heavy atom. The third-order valence-corrected chi connectivity index (χ3v) is 5.48. The van der Waals surface area contributed by atoms with Crippen LogP contribution in [0.4, 0.5) is 0 Å². The lowest BCUT2D eigenvalue weighted by Gasteiger charge is -2.29. The fourth-order valence-corrected chi connectivity index (χ4v) is 3.38. The van der Waals surface area contributed by atoms with Gasteiger partial charge in [-0.2, -0.15) is 0 Å². The summed E-state index contributed by atoms with van der Waals surface area (Å²) in [6.45, 7) is 9.16. The average molecular weight is 479 g/mol. The van der Waals surface area contributed by atoms with E-state index < -0.39 is 0 Å². The number of nitrogens with one attached hydrogen (secondary N) is 2. The molecule has 0 radical (unpaired) electrons. The van der Waals surface area contributed by atoms with Crippen LogP contribution in [0.2, 0.25) is 0 Å². The zero-order valence-electron chi connectivity index (χ0n) is 15.8. The first-order chi connectivity index (χ1) is 11.7. The summed E-state index contributed by atoms with van der Waals surface area (Å²) in [4.78, 5) is 6.06. The highest BCUT2D eigenvalue weighted by Gasteiger charge is 2.25. The molecule has 6 heteroatoms. The van der Waals surface area contributed by atoms with E-state index in [0.717, 1.165) is 50.6 Å². The lowest BCUT2D eigenvalue weighted by molar-refractivity contribution is 0.175. The fourth-order valence-electron chi connectivity index (χ4n) is 2.59. The van der Waals surface area contributed by atoms with Crippen molar-refractivity contribution in [2.45, 2.75) is 44.9 Å². The lowest BCUT2D eigenvalue weighted by Crippen LogP contribution is -2.39. The molecule has 4 nitrogen and oxygen atoms in total. The van der Waals surface area contributed by atoms with E-state index in [9.17, 15) is 5.11 Å². The molecule has 0 aromatic heterocycles. The minimum Gasteiger partial charge on any atom is -0.396 e. The van der Waals surface area contributed by atoms with Crippen molar-refractivity contribution in [3.05, 3.63) is 30.3 Å². The van der Waals surface area contributed by atoms with Gasteiger partial charge in [-0.1, -0.05) is 32.0 Å².